The number of anilines is 1. The van der Waals surface area contributed by atoms with Crippen LogP contribution in [-0.2, 0) is 5.60 Å². The van der Waals surface area contributed by atoms with E-state index < -0.39 is 5.60 Å². The highest BCUT2D eigenvalue weighted by molar-refractivity contribution is 5.44. The van der Waals surface area contributed by atoms with Crippen molar-refractivity contribution >= 4 is 5.82 Å². The van der Waals surface area contributed by atoms with Crippen LogP contribution in [0.1, 0.15) is 30.9 Å². The Kier molecular flexibility index (Phi) is 3.35. The van der Waals surface area contributed by atoms with Gasteiger partial charge in [-0.3, -0.25) is 0 Å². The van der Waals surface area contributed by atoms with Gasteiger partial charge in [0.2, 0.25) is 0 Å². The third kappa shape index (κ3) is 2.42. The molecule has 1 aliphatic heterocycles. The van der Waals surface area contributed by atoms with Gasteiger partial charge in [-0.05, 0) is 44.9 Å². The maximum Gasteiger partial charge on any atom is 0.129 e. The number of aliphatic hydroxyl groups is 1. The van der Waals surface area contributed by atoms with Gasteiger partial charge in [-0.2, -0.15) is 0 Å². The van der Waals surface area contributed by atoms with Crippen molar-refractivity contribution in [3.63, 3.8) is 0 Å². The molecule has 0 aliphatic carbocycles. The van der Waals surface area contributed by atoms with Crippen molar-refractivity contribution in [1.82, 2.24) is 10.3 Å². The third-order valence-corrected chi connectivity index (χ3v) is 3.69. The van der Waals surface area contributed by atoms with Crippen LogP contribution in [-0.4, -0.2) is 23.2 Å². The van der Waals surface area contributed by atoms with E-state index in [-0.39, 0.29) is 5.92 Å². The number of piperidine rings is 1. The molecule has 1 aromatic rings. The summed E-state index contributed by atoms with van der Waals surface area (Å²) in [5.74, 6) is 0.633. The zero-order chi connectivity index (χ0) is 12.5. The van der Waals surface area contributed by atoms with E-state index in [1.165, 1.54) is 0 Å². The van der Waals surface area contributed by atoms with E-state index in [0.717, 1.165) is 37.1 Å². The predicted molar refractivity (Wildman–Crippen MR) is 68.6 cm³/mol. The molecule has 0 saturated carbocycles. The lowest BCUT2D eigenvalue weighted by Gasteiger charge is -2.36. The summed E-state index contributed by atoms with van der Waals surface area (Å²) in [6.45, 7) is 5.68. The summed E-state index contributed by atoms with van der Waals surface area (Å²) in [6, 6.07) is 1.94. The van der Waals surface area contributed by atoms with E-state index in [2.05, 4.69) is 10.3 Å². The highest BCUT2D eigenvalue weighted by Crippen LogP contribution is 2.35. The van der Waals surface area contributed by atoms with Gasteiger partial charge in [0.1, 0.15) is 5.82 Å². The van der Waals surface area contributed by atoms with Crippen LogP contribution in [0.3, 0.4) is 0 Å². The van der Waals surface area contributed by atoms with Gasteiger partial charge in [-0.1, -0.05) is 0 Å². The van der Waals surface area contributed by atoms with E-state index >= 15 is 0 Å². The number of nitrogen functional groups attached to an aromatic ring is 1. The minimum atomic E-state index is -0.906. The number of nitrogens with one attached hydrogen (secondary N) is 1. The van der Waals surface area contributed by atoms with Gasteiger partial charge in [0.05, 0.1) is 5.60 Å². The second-order valence-corrected chi connectivity index (χ2v) is 5.14. The molecule has 4 nitrogen and oxygen atoms in total. The summed E-state index contributed by atoms with van der Waals surface area (Å²) in [5.41, 5.74) is 6.77. The Balaban J connectivity index is 2.32. The topological polar surface area (TPSA) is 71.2 Å². The molecule has 2 heterocycles. The van der Waals surface area contributed by atoms with E-state index in [1.807, 2.05) is 19.9 Å². The highest BCUT2D eigenvalue weighted by Gasteiger charge is 2.36. The number of pyridine rings is 1. The van der Waals surface area contributed by atoms with Crippen LogP contribution in [0.5, 0.6) is 0 Å². The molecule has 2 rings (SSSR count). The lowest BCUT2D eigenvalue weighted by molar-refractivity contribution is -0.0152. The normalized spacial score (nSPS) is 24.3. The lowest BCUT2D eigenvalue weighted by Crippen LogP contribution is -2.42. The summed E-state index contributed by atoms with van der Waals surface area (Å²) < 4.78 is 0. The average molecular weight is 235 g/mol. The summed E-state index contributed by atoms with van der Waals surface area (Å²) >= 11 is 0. The Morgan fingerprint density at radius 2 is 2.35 bits per heavy atom. The Bertz CT molecular complexity index is 398. The molecular formula is C13H21N3O. The maximum absolute atomic E-state index is 10.8. The summed E-state index contributed by atoms with van der Waals surface area (Å²) in [5, 5.41) is 14.1. The second-order valence-electron chi connectivity index (χ2n) is 5.14. The van der Waals surface area contributed by atoms with Crippen molar-refractivity contribution < 1.29 is 5.11 Å². The Morgan fingerprint density at radius 1 is 1.59 bits per heavy atom. The number of rotatable bonds is 2. The second kappa shape index (κ2) is 4.63. The molecule has 2 atom stereocenters. The molecule has 2 unspecified atom stereocenters. The minimum Gasteiger partial charge on any atom is -0.385 e. The highest BCUT2D eigenvalue weighted by atomic mass is 16.3. The van der Waals surface area contributed by atoms with Crippen molar-refractivity contribution in [2.24, 2.45) is 5.92 Å². The first kappa shape index (κ1) is 12.3. The number of hydrogen-bond donors (Lipinski definition) is 3. The first-order valence-electron chi connectivity index (χ1n) is 6.17. The summed E-state index contributed by atoms with van der Waals surface area (Å²) in [6.07, 6.45) is 3.85. The quantitative estimate of drug-likeness (QED) is 0.720. The standard InChI is InChI=1S/C13H21N3O/c1-9-6-11(12(14)16-7-9)13(2,17)10-4-3-5-15-8-10/h6-7,10,15,17H,3-5,8H2,1-2H3,(H2,14,16). The zero-order valence-corrected chi connectivity index (χ0v) is 10.5. The molecule has 17 heavy (non-hydrogen) atoms. The Labute approximate surface area is 102 Å². The van der Waals surface area contributed by atoms with Crippen LogP contribution in [0.4, 0.5) is 5.82 Å². The van der Waals surface area contributed by atoms with Crippen LogP contribution < -0.4 is 11.1 Å². The van der Waals surface area contributed by atoms with Crippen LogP contribution in [0.2, 0.25) is 0 Å². The molecule has 1 aromatic heterocycles. The van der Waals surface area contributed by atoms with Crippen molar-refractivity contribution in [2.45, 2.75) is 32.3 Å². The van der Waals surface area contributed by atoms with Gasteiger partial charge >= 0.3 is 0 Å². The molecule has 0 bridgehead atoms. The van der Waals surface area contributed by atoms with Crippen LogP contribution in [0.15, 0.2) is 12.3 Å². The minimum absolute atomic E-state index is 0.196. The number of aryl methyl sites for hydroxylation is 1. The fourth-order valence-corrected chi connectivity index (χ4v) is 2.54. The van der Waals surface area contributed by atoms with Crippen LogP contribution in [0.25, 0.3) is 0 Å². The molecule has 1 fully saturated rings. The van der Waals surface area contributed by atoms with Crippen molar-refractivity contribution in [3.05, 3.63) is 23.4 Å². The monoisotopic (exact) mass is 235 g/mol. The molecular weight excluding hydrogens is 214 g/mol. The van der Waals surface area contributed by atoms with Crippen LogP contribution in [0, 0.1) is 12.8 Å². The molecule has 0 spiro atoms. The fourth-order valence-electron chi connectivity index (χ4n) is 2.54. The molecule has 94 valence electrons. The summed E-state index contributed by atoms with van der Waals surface area (Å²) in [7, 11) is 0. The van der Waals surface area contributed by atoms with E-state index in [1.54, 1.807) is 6.20 Å². The zero-order valence-electron chi connectivity index (χ0n) is 10.5. The van der Waals surface area contributed by atoms with Gasteiger partial charge < -0.3 is 16.2 Å². The Hall–Kier alpha value is -1.13. The molecule has 1 aliphatic rings. The van der Waals surface area contributed by atoms with Gasteiger partial charge in [-0.25, -0.2) is 4.98 Å². The average Bonchev–Trinajstić information content (AvgIpc) is 2.33. The van der Waals surface area contributed by atoms with Gasteiger partial charge in [0, 0.05) is 24.2 Å². The summed E-state index contributed by atoms with van der Waals surface area (Å²) in [4.78, 5) is 4.14. The van der Waals surface area contributed by atoms with Crippen molar-refractivity contribution in [3.8, 4) is 0 Å². The van der Waals surface area contributed by atoms with Crippen LogP contribution >= 0.6 is 0 Å². The SMILES string of the molecule is Cc1cnc(N)c(C(C)(O)C2CCCNC2)c1. The van der Waals surface area contributed by atoms with Gasteiger partial charge in [-0.15, -0.1) is 0 Å². The molecule has 0 amide bonds. The molecule has 0 aromatic carbocycles. The smallest absolute Gasteiger partial charge is 0.129 e. The lowest BCUT2D eigenvalue weighted by atomic mass is 9.78. The van der Waals surface area contributed by atoms with E-state index in [4.69, 9.17) is 5.73 Å². The van der Waals surface area contributed by atoms with Crippen molar-refractivity contribution in [1.29, 1.82) is 0 Å². The number of hydrogen-bond acceptors (Lipinski definition) is 4. The van der Waals surface area contributed by atoms with Gasteiger partial charge in [0.15, 0.2) is 0 Å². The van der Waals surface area contributed by atoms with E-state index in [9.17, 15) is 5.11 Å². The molecule has 4 heteroatoms. The van der Waals surface area contributed by atoms with Gasteiger partial charge in [0.25, 0.3) is 0 Å². The fraction of sp³-hybridized carbons (Fsp3) is 0.615. The molecule has 0 radical (unpaired) electrons. The molecule has 1 saturated heterocycles. The molecule has 4 N–H and O–H groups in total. The number of nitrogens with zero attached hydrogens (tertiary/aromatic N) is 1. The first-order chi connectivity index (χ1) is 8.01. The maximum atomic E-state index is 10.8. The largest absolute Gasteiger partial charge is 0.385 e. The van der Waals surface area contributed by atoms with Crippen molar-refractivity contribution in [2.75, 3.05) is 18.8 Å². The number of nitrogens with two attached hydrogens (primary N) is 1. The predicted octanol–water partition coefficient (Wildman–Crippen LogP) is 1.18. The van der Waals surface area contributed by atoms with E-state index in [0.29, 0.717) is 5.82 Å². The number of aromatic nitrogens is 1. The third-order valence-electron chi connectivity index (χ3n) is 3.69. The first-order valence-corrected chi connectivity index (χ1v) is 6.17. The Morgan fingerprint density at radius 3 is 3.00 bits per heavy atom.